The van der Waals surface area contributed by atoms with E-state index in [0.717, 1.165) is 5.56 Å². The number of halogens is 1. The summed E-state index contributed by atoms with van der Waals surface area (Å²) in [5, 5.41) is 9.45. The zero-order valence-corrected chi connectivity index (χ0v) is 12.6. The fourth-order valence-electron chi connectivity index (χ4n) is 1.79. The molecule has 1 aromatic carbocycles. The molecule has 0 fully saturated rings. The Morgan fingerprint density at radius 3 is 2.40 bits per heavy atom. The lowest BCUT2D eigenvalue weighted by atomic mass is 10.2. The van der Waals surface area contributed by atoms with E-state index in [0.29, 0.717) is 11.6 Å². The van der Waals surface area contributed by atoms with Gasteiger partial charge in [0.15, 0.2) is 0 Å². The van der Waals surface area contributed by atoms with Crippen molar-refractivity contribution in [1.29, 1.82) is 0 Å². The van der Waals surface area contributed by atoms with Gasteiger partial charge >= 0.3 is 12.0 Å². The minimum absolute atomic E-state index is 0.188. The molecule has 1 aromatic rings. The molecule has 110 valence electrons. The van der Waals surface area contributed by atoms with E-state index in [2.05, 4.69) is 0 Å². The maximum Gasteiger partial charge on any atom is 0.323 e. The van der Waals surface area contributed by atoms with Crippen LogP contribution in [0, 0.1) is 0 Å². The Labute approximate surface area is 123 Å². The summed E-state index contributed by atoms with van der Waals surface area (Å²) in [4.78, 5) is 25.9. The van der Waals surface area contributed by atoms with E-state index in [-0.39, 0.29) is 18.6 Å². The standard InChI is InChI=1S/C14H19ClN2O3/c1-10(2)17(9-13(18)19)14(20)16(3)8-11-6-4-5-7-12(11)15/h4-7,10H,8-9H2,1-3H3,(H,18,19). The zero-order chi connectivity index (χ0) is 15.3. The zero-order valence-electron chi connectivity index (χ0n) is 11.8. The first-order valence-electron chi connectivity index (χ1n) is 6.30. The molecule has 5 nitrogen and oxygen atoms in total. The number of aliphatic carboxylic acids is 1. The highest BCUT2D eigenvalue weighted by Gasteiger charge is 2.23. The average molecular weight is 299 g/mol. The quantitative estimate of drug-likeness (QED) is 0.909. The second kappa shape index (κ2) is 7.14. The van der Waals surface area contributed by atoms with Crippen LogP contribution in [-0.4, -0.2) is 46.5 Å². The molecule has 0 radical (unpaired) electrons. The molecule has 0 unspecified atom stereocenters. The number of carbonyl (C=O) groups is 2. The molecule has 0 aliphatic rings. The Hall–Kier alpha value is -1.75. The molecule has 1 N–H and O–H groups in total. The van der Waals surface area contributed by atoms with Crippen LogP contribution in [-0.2, 0) is 11.3 Å². The van der Waals surface area contributed by atoms with Crippen LogP contribution >= 0.6 is 11.6 Å². The van der Waals surface area contributed by atoms with E-state index in [9.17, 15) is 9.59 Å². The molecule has 0 spiro atoms. The van der Waals surface area contributed by atoms with Gasteiger partial charge in [-0.05, 0) is 25.5 Å². The Kier molecular flexibility index (Phi) is 5.82. The van der Waals surface area contributed by atoms with Crippen molar-refractivity contribution in [2.75, 3.05) is 13.6 Å². The molecule has 6 heteroatoms. The first kappa shape index (κ1) is 16.3. The highest BCUT2D eigenvalue weighted by atomic mass is 35.5. The van der Waals surface area contributed by atoms with Gasteiger partial charge < -0.3 is 14.9 Å². The Morgan fingerprint density at radius 1 is 1.30 bits per heavy atom. The fourth-order valence-corrected chi connectivity index (χ4v) is 1.98. The third kappa shape index (κ3) is 4.42. The van der Waals surface area contributed by atoms with Gasteiger partial charge in [0.25, 0.3) is 0 Å². The van der Waals surface area contributed by atoms with E-state index >= 15 is 0 Å². The van der Waals surface area contributed by atoms with Crippen molar-refractivity contribution in [2.24, 2.45) is 0 Å². The van der Waals surface area contributed by atoms with Crippen molar-refractivity contribution in [2.45, 2.75) is 26.4 Å². The maximum atomic E-state index is 12.3. The van der Waals surface area contributed by atoms with Gasteiger partial charge in [-0.15, -0.1) is 0 Å². The van der Waals surface area contributed by atoms with E-state index in [1.807, 2.05) is 18.2 Å². The molecular formula is C14H19ClN2O3. The smallest absolute Gasteiger partial charge is 0.323 e. The molecule has 20 heavy (non-hydrogen) atoms. The normalized spacial score (nSPS) is 10.4. The number of amides is 2. The number of hydrogen-bond acceptors (Lipinski definition) is 2. The summed E-state index contributed by atoms with van der Waals surface area (Å²) in [6.07, 6.45) is 0. The summed E-state index contributed by atoms with van der Waals surface area (Å²) >= 11 is 6.05. The molecule has 1 rings (SSSR count). The van der Waals surface area contributed by atoms with Gasteiger partial charge in [0.1, 0.15) is 6.54 Å². The van der Waals surface area contributed by atoms with Crippen molar-refractivity contribution in [3.63, 3.8) is 0 Å². The topological polar surface area (TPSA) is 60.9 Å². The SMILES string of the molecule is CC(C)N(CC(=O)O)C(=O)N(C)Cc1ccccc1Cl. The van der Waals surface area contributed by atoms with Gasteiger partial charge in [-0.1, -0.05) is 29.8 Å². The van der Waals surface area contributed by atoms with Crippen LogP contribution < -0.4 is 0 Å². The van der Waals surface area contributed by atoms with Gasteiger partial charge in [0.05, 0.1) is 0 Å². The predicted molar refractivity (Wildman–Crippen MR) is 77.8 cm³/mol. The number of carboxylic acids is 1. The highest BCUT2D eigenvalue weighted by Crippen LogP contribution is 2.17. The molecule has 0 atom stereocenters. The minimum Gasteiger partial charge on any atom is -0.480 e. The largest absolute Gasteiger partial charge is 0.480 e. The average Bonchev–Trinajstić information content (AvgIpc) is 2.37. The van der Waals surface area contributed by atoms with E-state index in [1.54, 1.807) is 27.0 Å². The van der Waals surface area contributed by atoms with Crippen LogP contribution in [0.15, 0.2) is 24.3 Å². The van der Waals surface area contributed by atoms with Crippen molar-refractivity contribution in [3.8, 4) is 0 Å². The van der Waals surface area contributed by atoms with Gasteiger partial charge in [-0.25, -0.2) is 4.79 Å². The number of benzene rings is 1. The van der Waals surface area contributed by atoms with E-state index in [4.69, 9.17) is 16.7 Å². The third-order valence-corrected chi connectivity index (χ3v) is 3.24. The Balaban J connectivity index is 2.79. The molecule has 0 heterocycles. The van der Waals surface area contributed by atoms with Crippen LogP contribution in [0.2, 0.25) is 5.02 Å². The van der Waals surface area contributed by atoms with Crippen LogP contribution in [0.5, 0.6) is 0 Å². The van der Waals surface area contributed by atoms with Gasteiger partial charge in [0.2, 0.25) is 0 Å². The molecule has 0 saturated carbocycles. The molecule has 0 aromatic heterocycles. The van der Waals surface area contributed by atoms with Crippen molar-refractivity contribution < 1.29 is 14.7 Å². The van der Waals surface area contributed by atoms with E-state index in [1.165, 1.54) is 9.80 Å². The Bertz CT molecular complexity index is 491. The minimum atomic E-state index is -1.03. The second-order valence-electron chi connectivity index (χ2n) is 4.85. The number of carboxylic acid groups (broad SMARTS) is 1. The lowest BCUT2D eigenvalue weighted by Crippen LogP contribution is -2.46. The molecule has 0 aliphatic carbocycles. The first-order valence-corrected chi connectivity index (χ1v) is 6.67. The molecule has 0 aliphatic heterocycles. The van der Waals surface area contributed by atoms with Crippen LogP contribution in [0.1, 0.15) is 19.4 Å². The first-order chi connectivity index (χ1) is 9.32. The second-order valence-corrected chi connectivity index (χ2v) is 5.25. The number of urea groups is 1. The lowest BCUT2D eigenvalue weighted by molar-refractivity contribution is -0.138. The molecule has 0 bridgehead atoms. The van der Waals surface area contributed by atoms with Crippen LogP contribution in [0.4, 0.5) is 4.79 Å². The van der Waals surface area contributed by atoms with Crippen molar-refractivity contribution in [3.05, 3.63) is 34.9 Å². The highest BCUT2D eigenvalue weighted by molar-refractivity contribution is 6.31. The maximum absolute atomic E-state index is 12.3. The summed E-state index contributed by atoms with van der Waals surface area (Å²) in [5.41, 5.74) is 0.823. The lowest BCUT2D eigenvalue weighted by Gasteiger charge is -2.30. The molecule has 0 saturated heterocycles. The van der Waals surface area contributed by atoms with E-state index < -0.39 is 5.97 Å². The third-order valence-electron chi connectivity index (χ3n) is 2.87. The summed E-state index contributed by atoms with van der Waals surface area (Å²) in [6.45, 7) is 3.58. The number of carbonyl (C=O) groups excluding carboxylic acids is 1. The summed E-state index contributed by atoms with van der Waals surface area (Å²) in [5.74, 6) is -1.03. The number of nitrogens with zero attached hydrogens (tertiary/aromatic N) is 2. The number of rotatable bonds is 5. The van der Waals surface area contributed by atoms with Gasteiger partial charge in [-0.3, -0.25) is 4.79 Å². The summed E-state index contributed by atoms with van der Waals surface area (Å²) in [6, 6.07) is 6.74. The van der Waals surface area contributed by atoms with Gasteiger partial charge in [-0.2, -0.15) is 0 Å². The Morgan fingerprint density at radius 2 is 1.90 bits per heavy atom. The molecular weight excluding hydrogens is 280 g/mol. The summed E-state index contributed by atoms with van der Waals surface area (Å²) in [7, 11) is 1.63. The predicted octanol–water partition coefficient (Wildman–Crippen LogP) is 2.69. The fraction of sp³-hybridized carbons (Fsp3) is 0.429. The van der Waals surface area contributed by atoms with Gasteiger partial charge in [0, 0.05) is 24.7 Å². The number of hydrogen-bond donors (Lipinski definition) is 1. The summed E-state index contributed by atoms with van der Waals surface area (Å²) < 4.78 is 0. The molecule has 2 amide bonds. The van der Waals surface area contributed by atoms with Crippen molar-refractivity contribution >= 4 is 23.6 Å². The van der Waals surface area contributed by atoms with Crippen LogP contribution in [0.3, 0.4) is 0 Å². The van der Waals surface area contributed by atoms with Crippen molar-refractivity contribution in [1.82, 2.24) is 9.80 Å². The monoisotopic (exact) mass is 298 g/mol. The van der Waals surface area contributed by atoms with Crippen LogP contribution in [0.25, 0.3) is 0 Å².